The summed E-state index contributed by atoms with van der Waals surface area (Å²) >= 11 is 0. The van der Waals surface area contributed by atoms with Crippen LogP contribution in [0.15, 0.2) is 36.7 Å². The van der Waals surface area contributed by atoms with Gasteiger partial charge in [-0.25, -0.2) is 4.98 Å². The van der Waals surface area contributed by atoms with Gasteiger partial charge in [-0.05, 0) is 45.5 Å². The number of benzene rings is 1. The first-order valence-corrected chi connectivity index (χ1v) is 6.97. The summed E-state index contributed by atoms with van der Waals surface area (Å²) in [5, 5.41) is 9.10. The summed E-state index contributed by atoms with van der Waals surface area (Å²) in [6.45, 7) is 5.66. The number of aliphatic carboxylic acids is 1. The number of hydrogen-bond donors (Lipinski definition) is 1. The van der Waals surface area contributed by atoms with Gasteiger partial charge in [0.15, 0.2) is 0 Å². The molecule has 1 aromatic carbocycles. The molecular weight excluding hydrogens is 266 g/mol. The minimum atomic E-state index is -0.810. The van der Waals surface area contributed by atoms with E-state index in [0.29, 0.717) is 0 Å². The molecule has 0 aliphatic rings. The van der Waals surface area contributed by atoms with Gasteiger partial charge in [0.2, 0.25) is 0 Å². The van der Waals surface area contributed by atoms with E-state index in [1.165, 1.54) is 0 Å². The number of likely N-dealkylation sites (N-methyl/N-ethyl adjacent to an activating group) is 1. The second-order valence-corrected chi connectivity index (χ2v) is 5.29. The summed E-state index contributed by atoms with van der Waals surface area (Å²) < 4.78 is 2.01. The van der Waals surface area contributed by atoms with Crippen molar-refractivity contribution in [2.75, 3.05) is 7.05 Å². The van der Waals surface area contributed by atoms with Crippen molar-refractivity contribution >= 4 is 5.97 Å². The largest absolute Gasteiger partial charge is 0.480 e. The standard InChI is InChI=1S/C16H21N3O2/c1-11(18(4)12(2)16(20)21)14-5-7-15(8-6-14)19-10-9-17-13(19)3/h5-12H,1-4H3,(H,20,21). The van der Waals surface area contributed by atoms with Crippen LogP contribution < -0.4 is 0 Å². The Morgan fingerprint density at radius 3 is 2.38 bits per heavy atom. The third-order valence-corrected chi connectivity index (χ3v) is 4.06. The van der Waals surface area contributed by atoms with Crippen LogP contribution in [-0.2, 0) is 4.79 Å². The summed E-state index contributed by atoms with van der Waals surface area (Å²) in [4.78, 5) is 17.1. The van der Waals surface area contributed by atoms with Gasteiger partial charge in [-0.15, -0.1) is 0 Å². The van der Waals surface area contributed by atoms with Crippen LogP contribution in [0, 0.1) is 6.92 Å². The maximum Gasteiger partial charge on any atom is 0.320 e. The smallest absolute Gasteiger partial charge is 0.320 e. The van der Waals surface area contributed by atoms with E-state index < -0.39 is 12.0 Å². The fourth-order valence-corrected chi connectivity index (χ4v) is 2.31. The molecule has 2 atom stereocenters. The Hall–Kier alpha value is -2.14. The topological polar surface area (TPSA) is 58.4 Å². The molecule has 5 heteroatoms. The number of aryl methyl sites for hydroxylation is 1. The quantitative estimate of drug-likeness (QED) is 0.918. The third kappa shape index (κ3) is 3.13. The van der Waals surface area contributed by atoms with E-state index in [1.54, 1.807) is 13.1 Å². The molecule has 0 aliphatic carbocycles. The fourth-order valence-electron chi connectivity index (χ4n) is 2.31. The van der Waals surface area contributed by atoms with E-state index in [2.05, 4.69) is 4.98 Å². The molecule has 1 aromatic heterocycles. The first-order valence-electron chi connectivity index (χ1n) is 6.97. The molecule has 0 amide bonds. The van der Waals surface area contributed by atoms with Gasteiger partial charge in [-0.3, -0.25) is 9.69 Å². The Labute approximate surface area is 124 Å². The van der Waals surface area contributed by atoms with Crippen LogP contribution in [0.4, 0.5) is 0 Å². The van der Waals surface area contributed by atoms with E-state index in [0.717, 1.165) is 17.1 Å². The van der Waals surface area contributed by atoms with Crippen molar-refractivity contribution < 1.29 is 9.90 Å². The maximum absolute atomic E-state index is 11.1. The van der Waals surface area contributed by atoms with E-state index in [4.69, 9.17) is 5.11 Å². The molecule has 1 N–H and O–H groups in total. The van der Waals surface area contributed by atoms with Crippen molar-refractivity contribution in [2.24, 2.45) is 0 Å². The summed E-state index contributed by atoms with van der Waals surface area (Å²) in [5.74, 6) is 0.127. The minimum absolute atomic E-state index is 0.0361. The Bertz CT molecular complexity index is 619. The van der Waals surface area contributed by atoms with Crippen molar-refractivity contribution in [1.29, 1.82) is 0 Å². The van der Waals surface area contributed by atoms with Crippen molar-refractivity contribution in [3.05, 3.63) is 48.0 Å². The zero-order valence-electron chi connectivity index (χ0n) is 12.8. The minimum Gasteiger partial charge on any atom is -0.480 e. The lowest BCUT2D eigenvalue weighted by Gasteiger charge is -2.28. The lowest BCUT2D eigenvalue weighted by Crippen LogP contribution is -2.37. The molecule has 0 saturated heterocycles. The summed E-state index contributed by atoms with van der Waals surface area (Å²) in [5.41, 5.74) is 2.14. The molecule has 2 unspecified atom stereocenters. The van der Waals surface area contributed by atoms with Gasteiger partial charge < -0.3 is 9.67 Å². The summed E-state index contributed by atoms with van der Waals surface area (Å²) in [6, 6.07) is 7.64. The number of rotatable bonds is 5. The highest BCUT2D eigenvalue weighted by Gasteiger charge is 2.22. The monoisotopic (exact) mass is 287 g/mol. The van der Waals surface area contributed by atoms with Crippen molar-refractivity contribution in [1.82, 2.24) is 14.5 Å². The Morgan fingerprint density at radius 2 is 1.90 bits per heavy atom. The SMILES string of the molecule is Cc1nccn1-c1ccc(C(C)N(C)C(C)C(=O)O)cc1. The molecule has 5 nitrogen and oxygen atoms in total. The average Bonchev–Trinajstić information content (AvgIpc) is 2.91. The van der Waals surface area contributed by atoms with Gasteiger partial charge in [0, 0.05) is 24.1 Å². The molecule has 2 rings (SSSR count). The summed E-state index contributed by atoms with van der Waals surface area (Å²) in [7, 11) is 1.83. The van der Waals surface area contributed by atoms with E-state index >= 15 is 0 Å². The number of nitrogens with zero attached hydrogens (tertiary/aromatic N) is 3. The lowest BCUT2D eigenvalue weighted by atomic mass is 10.1. The number of carboxylic acids is 1. The average molecular weight is 287 g/mol. The van der Waals surface area contributed by atoms with Crippen LogP contribution in [0.5, 0.6) is 0 Å². The van der Waals surface area contributed by atoms with Crippen LogP contribution in [-0.4, -0.2) is 38.6 Å². The predicted octanol–water partition coefficient (Wildman–Crippen LogP) is 2.65. The first-order chi connectivity index (χ1) is 9.91. The number of imidazole rings is 1. The van der Waals surface area contributed by atoms with Crippen LogP contribution in [0.2, 0.25) is 0 Å². The highest BCUT2D eigenvalue weighted by molar-refractivity contribution is 5.72. The molecule has 0 radical (unpaired) electrons. The Kier molecular flexibility index (Phi) is 4.43. The number of hydrogen-bond acceptors (Lipinski definition) is 3. The van der Waals surface area contributed by atoms with E-state index in [1.807, 2.05) is 60.8 Å². The highest BCUT2D eigenvalue weighted by Crippen LogP contribution is 2.22. The van der Waals surface area contributed by atoms with E-state index in [-0.39, 0.29) is 6.04 Å². The van der Waals surface area contributed by atoms with Crippen molar-refractivity contribution in [2.45, 2.75) is 32.9 Å². The lowest BCUT2D eigenvalue weighted by molar-refractivity contribution is -0.142. The zero-order valence-corrected chi connectivity index (χ0v) is 12.8. The Balaban J connectivity index is 2.19. The van der Waals surface area contributed by atoms with Crippen LogP contribution in [0.3, 0.4) is 0 Å². The second kappa shape index (κ2) is 6.10. The van der Waals surface area contributed by atoms with Gasteiger partial charge in [-0.2, -0.15) is 0 Å². The predicted molar refractivity (Wildman–Crippen MR) is 81.6 cm³/mol. The first kappa shape index (κ1) is 15.3. The van der Waals surface area contributed by atoms with Gasteiger partial charge in [0.05, 0.1) is 0 Å². The van der Waals surface area contributed by atoms with E-state index in [9.17, 15) is 4.79 Å². The normalized spacial score (nSPS) is 14.1. The molecule has 0 fully saturated rings. The highest BCUT2D eigenvalue weighted by atomic mass is 16.4. The molecule has 0 spiro atoms. The molecule has 2 aromatic rings. The number of carboxylic acid groups (broad SMARTS) is 1. The van der Waals surface area contributed by atoms with Crippen molar-refractivity contribution in [3.8, 4) is 5.69 Å². The number of carbonyl (C=O) groups is 1. The molecule has 0 bridgehead atoms. The molecule has 0 saturated carbocycles. The zero-order chi connectivity index (χ0) is 15.6. The second-order valence-electron chi connectivity index (χ2n) is 5.29. The molecule has 1 heterocycles. The van der Waals surface area contributed by atoms with Crippen LogP contribution >= 0.6 is 0 Å². The molecule has 21 heavy (non-hydrogen) atoms. The molecule has 0 aliphatic heterocycles. The van der Waals surface area contributed by atoms with Crippen LogP contribution in [0.25, 0.3) is 5.69 Å². The Morgan fingerprint density at radius 1 is 1.29 bits per heavy atom. The van der Waals surface area contributed by atoms with Gasteiger partial charge in [-0.1, -0.05) is 12.1 Å². The molecular formula is C16H21N3O2. The van der Waals surface area contributed by atoms with Gasteiger partial charge in [0.25, 0.3) is 0 Å². The van der Waals surface area contributed by atoms with Crippen LogP contribution in [0.1, 0.15) is 31.3 Å². The third-order valence-electron chi connectivity index (χ3n) is 4.06. The fraction of sp³-hybridized carbons (Fsp3) is 0.375. The number of aromatic nitrogens is 2. The van der Waals surface area contributed by atoms with Crippen molar-refractivity contribution in [3.63, 3.8) is 0 Å². The van der Waals surface area contributed by atoms with Gasteiger partial charge in [0.1, 0.15) is 11.9 Å². The maximum atomic E-state index is 11.1. The summed E-state index contributed by atoms with van der Waals surface area (Å²) in [6.07, 6.45) is 3.70. The van der Waals surface area contributed by atoms with Gasteiger partial charge >= 0.3 is 5.97 Å². The molecule has 112 valence electrons.